The summed E-state index contributed by atoms with van der Waals surface area (Å²) < 4.78 is 0. The molecule has 1 atom stereocenters. The predicted octanol–water partition coefficient (Wildman–Crippen LogP) is 1.46. The van der Waals surface area contributed by atoms with Crippen molar-refractivity contribution in [3.63, 3.8) is 0 Å². The summed E-state index contributed by atoms with van der Waals surface area (Å²) in [6.45, 7) is 1.79. The average molecular weight is 215 g/mol. The molecule has 0 saturated carbocycles. The van der Waals surface area contributed by atoms with Gasteiger partial charge in [0, 0.05) is 35.3 Å². The summed E-state index contributed by atoms with van der Waals surface area (Å²) >= 11 is 0. The number of pyridine rings is 2. The van der Waals surface area contributed by atoms with E-state index in [9.17, 15) is 4.79 Å². The lowest BCUT2D eigenvalue weighted by Gasteiger charge is -2.06. The topological polar surface area (TPSA) is 71.8 Å². The Labute approximate surface area is 93.2 Å². The molecule has 0 aliphatic carbocycles. The Morgan fingerprint density at radius 1 is 1.38 bits per heavy atom. The van der Waals surface area contributed by atoms with Crippen molar-refractivity contribution in [3.05, 3.63) is 52.6 Å². The predicted molar refractivity (Wildman–Crippen MR) is 62.9 cm³/mol. The number of nitrogens with two attached hydrogens (primary N) is 1. The Kier molecular flexibility index (Phi) is 2.83. The van der Waals surface area contributed by atoms with Crippen LogP contribution in [0.5, 0.6) is 0 Å². The molecule has 2 rings (SSSR count). The van der Waals surface area contributed by atoms with E-state index in [2.05, 4.69) is 9.97 Å². The van der Waals surface area contributed by atoms with Gasteiger partial charge in [-0.3, -0.25) is 9.78 Å². The van der Waals surface area contributed by atoms with Gasteiger partial charge < -0.3 is 10.7 Å². The van der Waals surface area contributed by atoms with Gasteiger partial charge in [0.15, 0.2) is 0 Å². The highest BCUT2D eigenvalue weighted by Gasteiger charge is 2.06. The molecule has 2 heterocycles. The highest BCUT2D eigenvalue weighted by Crippen LogP contribution is 2.14. The molecule has 0 saturated heterocycles. The maximum absolute atomic E-state index is 11.7. The van der Waals surface area contributed by atoms with E-state index in [0.717, 1.165) is 11.3 Å². The first-order chi connectivity index (χ1) is 7.68. The highest BCUT2D eigenvalue weighted by atomic mass is 16.1. The molecule has 4 nitrogen and oxygen atoms in total. The number of hydrogen-bond donors (Lipinski definition) is 2. The molecule has 2 aromatic rings. The monoisotopic (exact) mass is 215 g/mol. The standard InChI is InChI=1S/C12H13N3O/c1-8(13)10-4-5-11(15-12(10)16)9-3-2-6-14-7-9/h2-8H,13H2,1H3,(H,15,16). The second-order valence-electron chi connectivity index (χ2n) is 3.69. The first-order valence-corrected chi connectivity index (χ1v) is 5.07. The fraction of sp³-hybridized carbons (Fsp3) is 0.167. The van der Waals surface area contributed by atoms with Gasteiger partial charge in [0.1, 0.15) is 0 Å². The molecule has 1 unspecified atom stereocenters. The van der Waals surface area contributed by atoms with Gasteiger partial charge in [-0.1, -0.05) is 0 Å². The Morgan fingerprint density at radius 2 is 2.19 bits per heavy atom. The maximum Gasteiger partial charge on any atom is 0.253 e. The molecule has 82 valence electrons. The van der Waals surface area contributed by atoms with Crippen molar-refractivity contribution in [1.29, 1.82) is 0 Å². The second kappa shape index (κ2) is 4.28. The van der Waals surface area contributed by atoms with Crippen molar-refractivity contribution >= 4 is 0 Å². The van der Waals surface area contributed by atoms with E-state index in [1.54, 1.807) is 25.4 Å². The summed E-state index contributed by atoms with van der Waals surface area (Å²) in [6.07, 6.45) is 3.40. The summed E-state index contributed by atoms with van der Waals surface area (Å²) in [5, 5.41) is 0. The lowest BCUT2D eigenvalue weighted by Crippen LogP contribution is -2.19. The summed E-state index contributed by atoms with van der Waals surface area (Å²) in [7, 11) is 0. The zero-order chi connectivity index (χ0) is 11.5. The normalized spacial score (nSPS) is 12.4. The van der Waals surface area contributed by atoms with Gasteiger partial charge in [-0.15, -0.1) is 0 Å². The number of aromatic amines is 1. The van der Waals surface area contributed by atoms with Gasteiger partial charge in [-0.25, -0.2) is 0 Å². The molecule has 0 spiro atoms. The Morgan fingerprint density at radius 3 is 2.75 bits per heavy atom. The number of nitrogens with one attached hydrogen (secondary N) is 1. The number of rotatable bonds is 2. The first kappa shape index (κ1) is 10.6. The Bertz CT molecular complexity index is 531. The number of nitrogens with zero attached hydrogens (tertiary/aromatic N) is 1. The molecular formula is C12H13N3O. The number of hydrogen-bond acceptors (Lipinski definition) is 3. The summed E-state index contributed by atoms with van der Waals surface area (Å²) in [5.74, 6) is 0. The zero-order valence-corrected chi connectivity index (χ0v) is 8.97. The van der Waals surface area contributed by atoms with E-state index in [1.807, 2.05) is 18.2 Å². The number of aromatic nitrogens is 2. The van der Waals surface area contributed by atoms with Crippen molar-refractivity contribution < 1.29 is 0 Å². The van der Waals surface area contributed by atoms with Crippen LogP contribution in [0.3, 0.4) is 0 Å². The van der Waals surface area contributed by atoms with Crippen molar-refractivity contribution in [2.75, 3.05) is 0 Å². The van der Waals surface area contributed by atoms with Gasteiger partial charge in [0.25, 0.3) is 5.56 Å². The Balaban J connectivity index is 2.47. The summed E-state index contributed by atoms with van der Waals surface area (Å²) in [4.78, 5) is 18.5. The maximum atomic E-state index is 11.7. The lowest BCUT2D eigenvalue weighted by molar-refractivity contribution is 0.800. The lowest BCUT2D eigenvalue weighted by atomic mass is 10.1. The van der Waals surface area contributed by atoms with E-state index in [1.165, 1.54) is 0 Å². The minimum atomic E-state index is -0.258. The largest absolute Gasteiger partial charge is 0.324 e. The van der Waals surface area contributed by atoms with Gasteiger partial charge in [-0.05, 0) is 31.2 Å². The van der Waals surface area contributed by atoms with Crippen LogP contribution < -0.4 is 11.3 Å². The molecule has 0 bridgehead atoms. The van der Waals surface area contributed by atoms with Crippen LogP contribution in [0.15, 0.2) is 41.5 Å². The van der Waals surface area contributed by atoms with Gasteiger partial charge in [-0.2, -0.15) is 0 Å². The molecule has 0 aliphatic rings. The fourth-order valence-electron chi connectivity index (χ4n) is 1.53. The quantitative estimate of drug-likeness (QED) is 0.796. The average Bonchev–Trinajstić information content (AvgIpc) is 2.29. The van der Waals surface area contributed by atoms with Gasteiger partial charge in [0.05, 0.1) is 0 Å². The molecular weight excluding hydrogens is 202 g/mol. The van der Waals surface area contributed by atoms with E-state index in [0.29, 0.717) is 5.56 Å². The fourth-order valence-corrected chi connectivity index (χ4v) is 1.53. The van der Waals surface area contributed by atoms with Crippen LogP contribution in [0.1, 0.15) is 18.5 Å². The van der Waals surface area contributed by atoms with Crippen LogP contribution in [-0.2, 0) is 0 Å². The molecule has 0 aliphatic heterocycles. The van der Waals surface area contributed by atoms with E-state index >= 15 is 0 Å². The first-order valence-electron chi connectivity index (χ1n) is 5.07. The molecule has 3 N–H and O–H groups in total. The third kappa shape index (κ3) is 2.01. The van der Waals surface area contributed by atoms with Gasteiger partial charge >= 0.3 is 0 Å². The van der Waals surface area contributed by atoms with E-state index in [4.69, 9.17) is 5.73 Å². The molecule has 0 fully saturated rings. The van der Waals surface area contributed by atoms with Crippen molar-refractivity contribution in [1.82, 2.24) is 9.97 Å². The SMILES string of the molecule is CC(N)c1ccc(-c2cccnc2)[nH]c1=O. The summed E-state index contributed by atoms with van der Waals surface area (Å²) in [6, 6.07) is 7.06. The summed E-state index contributed by atoms with van der Waals surface area (Å²) in [5.41, 5.74) is 7.76. The second-order valence-corrected chi connectivity index (χ2v) is 3.69. The molecule has 0 amide bonds. The van der Waals surface area contributed by atoms with Crippen LogP contribution in [0, 0.1) is 0 Å². The highest BCUT2D eigenvalue weighted by molar-refractivity contribution is 5.57. The molecule has 4 heteroatoms. The molecule has 0 aromatic carbocycles. The molecule has 16 heavy (non-hydrogen) atoms. The van der Waals surface area contributed by atoms with Crippen molar-refractivity contribution in [2.45, 2.75) is 13.0 Å². The van der Waals surface area contributed by atoms with Crippen molar-refractivity contribution in [2.24, 2.45) is 5.73 Å². The minimum absolute atomic E-state index is 0.142. The van der Waals surface area contributed by atoms with E-state index in [-0.39, 0.29) is 11.6 Å². The van der Waals surface area contributed by atoms with Crippen LogP contribution >= 0.6 is 0 Å². The number of H-pyrrole nitrogens is 1. The third-order valence-electron chi connectivity index (χ3n) is 2.40. The smallest absolute Gasteiger partial charge is 0.253 e. The van der Waals surface area contributed by atoms with Crippen LogP contribution in [0.2, 0.25) is 0 Å². The van der Waals surface area contributed by atoms with Crippen molar-refractivity contribution in [3.8, 4) is 11.3 Å². The minimum Gasteiger partial charge on any atom is -0.324 e. The van der Waals surface area contributed by atoms with Crippen LogP contribution in [0.4, 0.5) is 0 Å². The molecule has 2 aromatic heterocycles. The van der Waals surface area contributed by atoms with Crippen LogP contribution in [0.25, 0.3) is 11.3 Å². The van der Waals surface area contributed by atoms with Crippen LogP contribution in [-0.4, -0.2) is 9.97 Å². The zero-order valence-electron chi connectivity index (χ0n) is 8.97. The Hall–Kier alpha value is -1.94. The molecule has 0 radical (unpaired) electrons. The van der Waals surface area contributed by atoms with E-state index < -0.39 is 0 Å². The van der Waals surface area contributed by atoms with Gasteiger partial charge in [0.2, 0.25) is 0 Å². The third-order valence-corrected chi connectivity index (χ3v) is 2.40.